The summed E-state index contributed by atoms with van der Waals surface area (Å²) in [6.07, 6.45) is 1.85. The zero-order valence-corrected chi connectivity index (χ0v) is 10.8. The molecule has 1 rings (SSSR count). The zero-order chi connectivity index (χ0) is 12.2. The molecule has 0 amide bonds. The summed E-state index contributed by atoms with van der Waals surface area (Å²) in [4.78, 5) is 0. The van der Waals surface area contributed by atoms with E-state index in [0.29, 0.717) is 25.6 Å². The number of hydrogen-bond acceptors (Lipinski definition) is 3. The van der Waals surface area contributed by atoms with Crippen LogP contribution in [-0.2, 0) is 10.2 Å². The van der Waals surface area contributed by atoms with Gasteiger partial charge in [0.1, 0.15) is 0 Å². The highest BCUT2D eigenvalue weighted by Gasteiger charge is 2.26. The van der Waals surface area contributed by atoms with E-state index < -0.39 is 10.2 Å². The fraction of sp³-hybridized carbons (Fsp3) is 1.00. The molecule has 5 nitrogen and oxygen atoms in total. The largest absolute Gasteiger partial charge is 0.396 e. The highest BCUT2D eigenvalue weighted by Crippen LogP contribution is 2.17. The second kappa shape index (κ2) is 5.95. The Hall–Kier alpha value is -0.170. The molecule has 96 valence electrons. The van der Waals surface area contributed by atoms with E-state index >= 15 is 0 Å². The molecular weight excluding hydrogens is 228 g/mol. The van der Waals surface area contributed by atoms with E-state index in [1.807, 2.05) is 0 Å². The first-order chi connectivity index (χ1) is 7.45. The molecule has 1 saturated heterocycles. The average molecular weight is 250 g/mol. The van der Waals surface area contributed by atoms with Gasteiger partial charge >= 0.3 is 0 Å². The third-order valence-corrected chi connectivity index (χ3v) is 4.58. The Balaban J connectivity index is 2.44. The smallest absolute Gasteiger partial charge is 0.279 e. The fourth-order valence-electron chi connectivity index (χ4n) is 1.63. The molecule has 0 aliphatic carbocycles. The van der Waals surface area contributed by atoms with Gasteiger partial charge in [-0.1, -0.05) is 13.8 Å². The minimum Gasteiger partial charge on any atom is -0.396 e. The minimum absolute atomic E-state index is 0.000442. The lowest BCUT2D eigenvalue weighted by Crippen LogP contribution is -2.45. The third kappa shape index (κ3) is 4.01. The van der Waals surface area contributed by atoms with Crippen molar-refractivity contribution in [2.75, 3.05) is 26.2 Å². The summed E-state index contributed by atoms with van der Waals surface area (Å²) < 4.78 is 27.7. The van der Waals surface area contributed by atoms with E-state index in [1.165, 1.54) is 4.31 Å². The lowest BCUT2D eigenvalue weighted by atomic mass is 10.0. The number of rotatable bonds is 5. The number of aliphatic hydroxyl groups excluding tert-OH is 1. The van der Waals surface area contributed by atoms with Gasteiger partial charge in [-0.15, -0.1) is 0 Å². The highest BCUT2D eigenvalue weighted by atomic mass is 32.2. The maximum atomic E-state index is 11.8. The lowest BCUT2D eigenvalue weighted by Gasteiger charge is -2.29. The Morgan fingerprint density at radius 2 is 2.00 bits per heavy atom. The van der Waals surface area contributed by atoms with Crippen LogP contribution in [0.1, 0.15) is 26.7 Å². The SMILES string of the molecule is CC1CCN(S(=O)(=O)NCC(C)CO)CC1. The van der Waals surface area contributed by atoms with Crippen molar-refractivity contribution < 1.29 is 13.5 Å². The van der Waals surface area contributed by atoms with Gasteiger partial charge in [-0.3, -0.25) is 0 Å². The molecule has 1 heterocycles. The predicted octanol–water partition coefficient (Wildman–Crippen LogP) is 0.181. The van der Waals surface area contributed by atoms with Crippen LogP contribution in [0.5, 0.6) is 0 Å². The maximum Gasteiger partial charge on any atom is 0.279 e. The van der Waals surface area contributed by atoms with Crippen molar-refractivity contribution in [1.82, 2.24) is 9.03 Å². The Kier molecular flexibility index (Phi) is 5.17. The van der Waals surface area contributed by atoms with E-state index in [2.05, 4.69) is 11.6 Å². The molecule has 2 N–H and O–H groups in total. The van der Waals surface area contributed by atoms with E-state index in [0.717, 1.165) is 12.8 Å². The molecule has 0 radical (unpaired) electrons. The predicted molar refractivity (Wildman–Crippen MR) is 63.1 cm³/mol. The van der Waals surface area contributed by atoms with Gasteiger partial charge in [0, 0.05) is 26.2 Å². The monoisotopic (exact) mass is 250 g/mol. The molecule has 1 atom stereocenters. The van der Waals surface area contributed by atoms with E-state index in [4.69, 9.17) is 5.11 Å². The van der Waals surface area contributed by atoms with Crippen LogP contribution in [0.25, 0.3) is 0 Å². The number of nitrogens with zero attached hydrogens (tertiary/aromatic N) is 1. The van der Waals surface area contributed by atoms with E-state index in [-0.39, 0.29) is 12.5 Å². The Morgan fingerprint density at radius 1 is 1.44 bits per heavy atom. The van der Waals surface area contributed by atoms with Crippen molar-refractivity contribution in [1.29, 1.82) is 0 Å². The molecule has 16 heavy (non-hydrogen) atoms. The summed E-state index contributed by atoms with van der Waals surface area (Å²) in [6.45, 7) is 5.45. The first kappa shape index (κ1) is 13.9. The second-order valence-corrected chi connectivity index (χ2v) is 6.48. The molecule has 0 aromatic carbocycles. The zero-order valence-electron chi connectivity index (χ0n) is 10.0. The molecule has 1 aliphatic rings. The lowest BCUT2D eigenvalue weighted by molar-refractivity contribution is 0.236. The van der Waals surface area contributed by atoms with Crippen LogP contribution in [0.15, 0.2) is 0 Å². The van der Waals surface area contributed by atoms with E-state index in [1.54, 1.807) is 6.92 Å². The van der Waals surface area contributed by atoms with E-state index in [9.17, 15) is 8.42 Å². The first-order valence-electron chi connectivity index (χ1n) is 5.81. The Morgan fingerprint density at radius 3 is 2.50 bits per heavy atom. The summed E-state index contributed by atoms with van der Waals surface area (Å²) in [7, 11) is -3.34. The summed E-state index contributed by atoms with van der Waals surface area (Å²) in [5.41, 5.74) is 0. The van der Waals surface area contributed by atoms with Crippen molar-refractivity contribution >= 4 is 10.2 Å². The number of nitrogens with one attached hydrogen (secondary N) is 1. The molecule has 0 bridgehead atoms. The van der Waals surface area contributed by atoms with Crippen LogP contribution < -0.4 is 4.72 Å². The Labute approximate surface area is 98.0 Å². The van der Waals surface area contributed by atoms with Gasteiger partial charge in [0.15, 0.2) is 0 Å². The number of piperidine rings is 1. The van der Waals surface area contributed by atoms with Crippen molar-refractivity contribution in [3.05, 3.63) is 0 Å². The average Bonchev–Trinajstić information content (AvgIpc) is 2.26. The van der Waals surface area contributed by atoms with Crippen LogP contribution in [-0.4, -0.2) is 44.1 Å². The van der Waals surface area contributed by atoms with Gasteiger partial charge in [0.25, 0.3) is 10.2 Å². The minimum atomic E-state index is -3.34. The molecule has 0 aromatic rings. The summed E-state index contributed by atoms with van der Waals surface area (Å²) in [5, 5.41) is 8.83. The quantitative estimate of drug-likeness (QED) is 0.731. The molecule has 1 aliphatic heterocycles. The topological polar surface area (TPSA) is 69.6 Å². The van der Waals surface area contributed by atoms with Gasteiger partial charge in [0.05, 0.1) is 0 Å². The van der Waals surface area contributed by atoms with Crippen LogP contribution in [0, 0.1) is 11.8 Å². The molecule has 0 spiro atoms. The van der Waals surface area contributed by atoms with Crippen molar-refractivity contribution in [2.24, 2.45) is 11.8 Å². The normalized spacial score (nSPS) is 22.2. The van der Waals surface area contributed by atoms with Crippen molar-refractivity contribution in [3.8, 4) is 0 Å². The summed E-state index contributed by atoms with van der Waals surface area (Å²) in [6, 6.07) is 0. The number of hydrogen-bond donors (Lipinski definition) is 2. The van der Waals surface area contributed by atoms with Gasteiger partial charge in [-0.2, -0.15) is 12.7 Å². The summed E-state index contributed by atoms with van der Waals surface area (Å²) >= 11 is 0. The fourth-order valence-corrected chi connectivity index (χ4v) is 3.00. The highest BCUT2D eigenvalue weighted by molar-refractivity contribution is 7.87. The summed E-state index contributed by atoms with van der Waals surface area (Å²) in [5.74, 6) is 0.571. The molecule has 6 heteroatoms. The molecular formula is C10H22N2O3S. The van der Waals surface area contributed by atoms with Gasteiger partial charge < -0.3 is 5.11 Å². The van der Waals surface area contributed by atoms with Crippen LogP contribution in [0.4, 0.5) is 0 Å². The molecule has 1 fully saturated rings. The second-order valence-electron chi connectivity index (χ2n) is 4.72. The van der Waals surface area contributed by atoms with Crippen LogP contribution in [0.2, 0.25) is 0 Å². The first-order valence-corrected chi connectivity index (χ1v) is 7.25. The van der Waals surface area contributed by atoms with Crippen LogP contribution in [0.3, 0.4) is 0 Å². The number of aliphatic hydroxyl groups is 1. The van der Waals surface area contributed by atoms with Gasteiger partial charge in [0.2, 0.25) is 0 Å². The third-order valence-electron chi connectivity index (χ3n) is 3.01. The van der Waals surface area contributed by atoms with Gasteiger partial charge in [-0.25, -0.2) is 4.72 Å². The molecule has 0 aromatic heterocycles. The molecule has 1 unspecified atom stereocenters. The van der Waals surface area contributed by atoms with Crippen molar-refractivity contribution in [2.45, 2.75) is 26.7 Å². The van der Waals surface area contributed by atoms with Gasteiger partial charge in [-0.05, 0) is 24.7 Å². The Bertz CT molecular complexity index is 297. The van der Waals surface area contributed by atoms with Crippen LogP contribution >= 0.6 is 0 Å². The standard InChI is InChI=1S/C10H22N2O3S/c1-9-3-5-12(6-4-9)16(14,15)11-7-10(2)8-13/h9-11,13H,3-8H2,1-2H3. The molecule has 0 saturated carbocycles. The van der Waals surface area contributed by atoms with Crippen molar-refractivity contribution in [3.63, 3.8) is 0 Å². The maximum absolute atomic E-state index is 11.8.